The molecular weight excluding hydrogens is 516 g/mol. The Kier molecular flexibility index (Phi) is 6.23. The maximum Gasteiger partial charge on any atom is 0.368 e. The monoisotopic (exact) mass is 540 g/mol. The first-order valence-corrected chi connectivity index (χ1v) is 13.2. The minimum atomic E-state index is -0.392. The Morgan fingerprint density at radius 2 is 1.85 bits per heavy atom. The summed E-state index contributed by atoms with van der Waals surface area (Å²) in [5.74, 6) is -0.774. The van der Waals surface area contributed by atoms with E-state index in [9.17, 15) is 14.4 Å². The fourth-order valence-electron chi connectivity index (χ4n) is 4.79. The molecule has 0 aliphatic heterocycles. The highest BCUT2D eigenvalue weighted by atomic mass is 32.1. The SMILES string of the molecule is Cc1cc2ccc(CNC(=O)c3cc(C(=O)N[C@H]4CCc5cc(-n6nnn(C)c6=O)ccc54)ncn3)cc2s1. The van der Waals surface area contributed by atoms with Gasteiger partial charge in [-0.15, -0.1) is 11.3 Å². The first-order valence-electron chi connectivity index (χ1n) is 12.4. The van der Waals surface area contributed by atoms with E-state index in [1.807, 2.05) is 24.3 Å². The van der Waals surface area contributed by atoms with Crippen LogP contribution in [0.25, 0.3) is 15.8 Å². The van der Waals surface area contributed by atoms with Gasteiger partial charge < -0.3 is 10.6 Å². The smallest absolute Gasteiger partial charge is 0.347 e. The molecule has 6 rings (SSSR count). The van der Waals surface area contributed by atoms with Crippen molar-refractivity contribution < 1.29 is 9.59 Å². The van der Waals surface area contributed by atoms with Crippen LogP contribution in [0.5, 0.6) is 0 Å². The Morgan fingerprint density at radius 1 is 1.03 bits per heavy atom. The van der Waals surface area contributed by atoms with Crippen LogP contribution in [0, 0.1) is 6.92 Å². The van der Waals surface area contributed by atoms with E-state index >= 15 is 0 Å². The van der Waals surface area contributed by atoms with Crippen LogP contribution in [0.3, 0.4) is 0 Å². The van der Waals surface area contributed by atoms with Gasteiger partial charge in [0.2, 0.25) is 0 Å². The van der Waals surface area contributed by atoms with E-state index in [0.29, 0.717) is 18.7 Å². The Hall–Kier alpha value is -4.71. The molecule has 3 heterocycles. The Bertz CT molecular complexity index is 1800. The van der Waals surface area contributed by atoms with E-state index < -0.39 is 5.91 Å². The van der Waals surface area contributed by atoms with Gasteiger partial charge in [-0.25, -0.2) is 14.8 Å². The van der Waals surface area contributed by atoms with Crippen molar-refractivity contribution >= 4 is 33.2 Å². The maximum atomic E-state index is 13.0. The predicted molar refractivity (Wildman–Crippen MR) is 145 cm³/mol. The number of amides is 2. The van der Waals surface area contributed by atoms with Crippen molar-refractivity contribution in [1.82, 2.24) is 40.4 Å². The molecule has 39 heavy (non-hydrogen) atoms. The molecule has 0 radical (unpaired) electrons. The van der Waals surface area contributed by atoms with Gasteiger partial charge in [0.25, 0.3) is 11.8 Å². The molecule has 0 saturated carbocycles. The number of aromatic nitrogens is 6. The molecular formula is C27H24N8O3S. The van der Waals surface area contributed by atoms with E-state index in [1.54, 1.807) is 24.5 Å². The standard InChI is InChI=1S/C27H24N8O3S/c1-15-9-18-4-3-16(10-24(18)39-15)13-28-25(36)22-12-23(30-14-29-22)26(37)31-21-8-5-17-11-19(6-7-20(17)21)35-27(38)34(2)32-33-35/h3-4,6-7,9-12,14,21H,5,8,13H2,1-2H3,(H,28,36)(H,31,37)/t21-/m0/s1. The Labute approximate surface area is 226 Å². The Balaban J connectivity index is 1.12. The summed E-state index contributed by atoms with van der Waals surface area (Å²) in [5.41, 5.74) is 3.49. The van der Waals surface area contributed by atoms with Gasteiger partial charge in [0.05, 0.1) is 11.7 Å². The predicted octanol–water partition coefficient (Wildman–Crippen LogP) is 2.63. The fraction of sp³-hybridized carbons (Fsp3) is 0.222. The minimum absolute atomic E-state index is 0.113. The van der Waals surface area contributed by atoms with E-state index in [2.05, 4.69) is 50.1 Å². The van der Waals surface area contributed by atoms with E-state index in [0.717, 1.165) is 27.8 Å². The number of carbonyl (C=O) groups is 2. The average molecular weight is 541 g/mol. The second kappa shape index (κ2) is 9.87. The minimum Gasteiger partial charge on any atom is -0.347 e. The number of benzene rings is 2. The lowest BCUT2D eigenvalue weighted by molar-refractivity contribution is 0.0931. The van der Waals surface area contributed by atoms with Gasteiger partial charge in [0.1, 0.15) is 17.7 Å². The van der Waals surface area contributed by atoms with Crippen LogP contribution in [-0.4, -0.2) is 41.6 Å². The first-order chi connectivity index (χ1) is 18.9. The highest BCUT2D eigenvalue weighted by Crippen LogP contribution is 2.32. The van der Waals surface area contributed by atoms with E-state index in [4.69, 9.17) is 0 Å². The summed E-state index contributed by atoms with van der Waals surface area (Å²) in [6.07, 6.45) is 2.65. The maximum absolute atomic E-state index is 13.0. The molecule has 0 fully saturated rings. The van der Waals surface area contributed by atoms with Gasteiger partial charge >= 0.3 is 5.69 Å². The van der Waals surface area contributed by atoms with Crippen molar-refractivity contribution in [1.29, 1.82) is 0 Å². The molecule has 196 valence electrons. The second-order valence-electron chi connectivity index (χ2n) is 9.45. The molecule has 2 N–H and O–H groups in total. The summed E-state index contributed by atoms with van der Waals surface area (Å²) in [7, 11) is 1.54. The Morgan fingerprint density at radius 3 is 2.64 bits per heavy atom. The number of hydrogen-bond donors (Lipinski definition) is 2. The third-order valence-electron chi connectivity index (χ3n) is 6.77. The van der Waals surface area contributed by atoms with Gasteiger partial charge in [0, 0.05) is 29.2 Å². The quantitative estimate of drug-likeness (QED) is 0.338. The summed E-state index contributed by atoms with van der Waals surface area (Å²) in [4.78, 5) is 47.4. The van der Waals surface area contributed by atoms with Crippen LogP contribution in [-0.2, 0) is 20.0 Å². The zero-order chi connectivity index (χ0) is 27.1. The van der Waals surface area contributed by atoms with Crippen LogP contribution in [0.2, 0.25) is 0 Å². The van der Waals surface area contributed by atoms with Gasteiger partial charge in [-0.2, -0.15) is 9.36 Å². The highest BCUT2D eigenvalue weighted by Gasteiger charge is 2.26. The summed E-state index contributed by atoms with van der Waals surface area (Å²) in [6, 6.07) is 15.0. The van der Waals surface area contributed by atoms with Crippen molar-refractivity contribution in [3.8, 4) is 5.69 Å². The number of rotatable bonds is 6. The van der Waals surface area contributed by atoms with Gasteiger partial charge in [-0.3, -0.25) is 9.59 Å². The molecule has 1 aliphatic carbocycles. The van der Waals surface area contributed by atoms with Crippen LogP contribution >= 0.6 is 11.3 Å². The number of nitrogens with zero attached hydrogens (tertiary/aromatic N) is 6. The number of nitrogens with one attached hydrogen (secondary N) is 2. The lowest BCUT2D eigenvalue weighted by Gasteiger charge is -2.14. The van der Waals surface area contributed by atoms with Crippen LogP contribution in [0.15, 0.2) is 59.7 Å². The molecule has 1 aliphatic rings. The molecule has 5 aromatic rings. The molecule has 11 nitrogen and oxygen atoms in total. The molecule has 2 aromatic carbocycles. The van der Waals surface area contributed by atoms with Crippen LogP contribution in [0.4, 0.5) is 0 Å². The normalized spacial score (nSPS) is 14.4. The van der Waals surface area contributed by atoms with Crippen molar-refractivity contribution in [2.24, 2.45) is 7.05 Å². The molecule has 0 saturated heterocycles. The zero-order valence-corrected chi connectivity index (χ0v) is 22.0. The molecule has 1 atom stereocenters. The summed E-state index contributed by atoms with van der Waals surface area (Å²) >= 11 is 1.71. The van der Waals surface area contributed by atoms with Gasteiger partial charge in [-0.05, 0) is 76.5 Å². The third-order valence-corrected chi connectivity index (χ3v) is 7.78. The third kappa shape index (κ3) is 4.81. The van der Waals surface area contributed by atoms with Gasteiger partial charge in [0.15, 0.2) is 0 Å². The zero-order valence-electron chi connectivity index (χ0n) is 21.2. The average Bonchev–Trinajstić information content (AvgIpc) is 3.62. The molecule has 0 unspecified atom stereocenters. The topological polar surface area (TPSA) is 137 Å². The van der Waals surface area contributed by atoms with Crippen molar-refractivity contribution in [2.75, 3.05) is 0 Å². The lowest BCUT2D eigenvalue weighted by atomic mass is 10.1. The molecule has 0 bridgehead atoms. The van der Waals surface area contributed by atoms with E-state index in [1.165, 1.54) is 32.0 Å². The number of fused-ring (bicyclic) bond motifs is 2. The first kappa shape index (κ1) is 24.6. The summed E-state index contributed by atoms with van der Waals surface area (Å²) in [5, 5.41) is 14.7. The van der Waals surface area contributed by atoms with Crippen molar-refractivity contribution in [3.05, 3.63) is 98.3 Å². The molecule has 2 amide bonds. The van der Waals surface area contributed by atoms with Crippen LogP contribution in [0.1, 0.15) is 55.0 Å². The number of carbonyl (C=O) groups excluding carboxylic acids is 2. The van der Waals surface area contributed by atoms with E-state index in [-0.39, 0.29) is 29.0 Å². The number of hydrogen-bond acceptors (Lipinski definition) is 8. The fourth-order valence-corrected chi connectivity index (χ4v) is 5.78. The molecule has 3 aromatic heterocycles. The molecule has 0 spiro atoms. The largest absolute Gasteiger partial charge is 0.368 e. The summed E-state index contributed by atoms with van der Waals surface area (Å²) < 4.78 is 3.57. The number of thiophene rings is 1. The van der Waals surface area contributed by atoms with Crippen molar-refractivity contribution in [2.45, 2.75) is 32.4 Å². The van der Waals surface area contributed by atoms with Gasteiger partial charge in [-0.1, -0.05) is 18.2 Å². The molecule has 12 heteroatoms. The number of tetrazole rings is 1. The second-order valence-corrected chi connectivity index (χ2v) is 10.7. The highest BCUT2D eigenvalue weighted by molar-refractivity contribution is 7.19. The summed E-state index contributed by atoms with van der Waals surface area (Å²) in [6.45, 7) is 2.42. The van der Waals surface area contributed by atoms with Crippen molar-refractivity contribution in [3.63, 3.8) is 0 Å². The lowest BCUT2D eigenvalue weighted by Crippen LogP contribution is -2.29. The van der Waals surface area contributed by atoms with Crippen LogP contribution < -0.4 is 16.3 Å². The number of aryl methyl sites for hydroxylation is 3.